The number of nitrogens with zero attached hydrogens (tertiary/aromatic N) is 4. The Bertz CT molecular complexity index is 1230. The van der Waals surface area contributed by atoms with E-state index in [4.69, 9.17) is 14.8 Å². The number of hydrogen-bond donors (Lipinski definition) is 1. The van der Waals surface area contributed by atoms with Gasteiger partial charge in [0.25, 0.3) is 0 Å². The van der Waals surface area contributed by atoms with Crippen molar-refractivity contribution in [1.82, 2.24) is 14.6 Å². The molecule has 0 spiro atoms. The first-order valence-electron chi connectivity index (χ1n) is 11.3. The summed E-state index contributed by atoms with van der Waals surface area (Å²) in [5.74, 6) is -0.338. The molecule has 3 aromatic rings. The third kappa shape index (κ3) is 2.67. The molecular weight excluding hydrogens is 404 g/mol. The van der Waals surface area contributed by atoms with Gasteiger partial charge in [-0.05, 0) is 50.3 Å². The number of carboxylic acids is 1. The molecule has 2 aromatic heterocycles. The highest BCUT2D eigenvalue weighted by Crippen LogP contribution is 2.66. The lowest BCUT2D eigenvalue weighted by molar-refractivity contribution is -0.154. The van der Waals surface area contributed by atoms with Gasteiger partial charge in [0.15, 0.2) is 11.5 Å². The van der Waals surface area contributed by atoms with Crippen molar-refractivity contribution in [3.05, 3.63) is 59.5 Å². The van der Waals surface area contributed by atoms with Gasteiger partial charge in [0.1, 0.15) is 11.5 Å². The number of carboxylic acid groups (broad SMARTS) is 1. The van der Waals surface area contributed by atoms with Crippen molar-refractivity contribution in [3.8, 4) is 0 Å². The summed E-state index contributed by atoms with van der Waals surface area (Å²) >= 11 is 0. The van der Waals surface area contributed by atoms with Crippen molar-refractivity contribution < 1.29 is 14.6 Å². The number of aliphatic carboxylic acids is 1. The van der Waals surface area contributed by atoms with E-state index in [1.165, 1.54) is 5.56 Å². The molecule has 2 atom stereocenters. The summed E-state index contributed by atoms with van der Waals surface area (Å²) in [5, 5.41) is 14.6. The first-order valence-corrected chi connectivity index (χ1v) is 11.3. The van der Waals surface area contributed by atoms with Crippen LogP contribution >= 0.6 is 0 Å². The van der Waals surface area contributed by atoms with Gasteiger partial charge in [0.2, 0.25) is 0 Å². The van der Waals surface area contributed by atoms with E-state index in [0.29, 0.717) is 18.7 Å². The van der Waals surface area contributed by atoms with Gasteiger partial charge in [-0.15, -0.1) is 5.10 Å². The van der Waals surface area contributed by atoms with Gasteiger partial charge in [0, 0.05) is 18.5 Å². The number of ether oxygens (including phenoxy) is 1. The number of rotatable bonds is 4. The standard InChI is InChI=1S/C25H28N4O3/c1-16-11-18(28-10-9-23(2,15-28)17-7-5-4-6-8-17)12-29-21(16)26-20(27-29)19-25(22(30)31)13-24(3,14-25)32-19/h4-8,11-12,19H,9-10,13-15H2,1-3H3,(H,30,31)/t19?,23-,24?,25?/m0/s1. The number of pyridine rings is 1. The zero-order chi connectivity index (χ0) is 22.3. The number of carbonyl (C=O) groups is 1. The van der Waals surface area contributed by atoms with Gasteiger partial charge < -0.3 is 14.7 Å². The van der Waals surface area contributed by atoms with Crippen LogP contribution in [-0.4, -0.2) is 44.4 Å². The topological polar surface area (TPSA) is 80.0 Å². The molecule has 2 bridgehead atoms. The number of fused-ring (bicyclic) bond motifs is 2. The number of benzene rings is 1. The van der Waals surface area contributed by atoms with Gasteiger partial charge in [0.05, 0.1) is 17.5 Å². The van der Waals surface area contributed by atoms with Gasteiger partial charge >= 0.3 is 5.97 Å². The number of hydrogen-bond acceptors (Lipinski definition) is 5. The normalized spacial score (nSPS) is 33.6. The van der Waals surface area contributed by atoms with Crippen LogP contribution in [0.1, 0.15) is 56.2 Å². The predicted molar refractivity (Wildman–Crippen MR) is 120 cm³/mol. The molecule has 1 unspecified atom stereocenters. The molecule has 32 heavy (non-hydrogen) atoms. The van der Waals surface area contributed by atoms with Crippen molar-refractivity contribution >= 4 is 17.3 Å². The second-order valence-corrected chi connectivity index (χ2v) is 10.5. The molecular formula is C25H28N4O3. The van der Waals surface area contributed by atoms with Gasteiger partial charge in [-0.1, -0.05) is 37.3 Å². The lowest BCUT2D eigenvalue weighted by Gasteiger charge is -2.39. The van der Waals surface area contributed by atoms with Crippen LogP contribution < -0.4 is 4.90 Å². The lowest BCUT2D eigenvalue weighted by atomic mass is 9.60. The van der Waals surface area contributed by atoms with E-state index in [1.807, 2.05) is 20.0 Å². The third-order valence-electron chi connectivity index (χ3n) is 7.87. The molecule has 1 aromatic carbocycles. The van der Waals surface area contributed by atoms with Gasteiger partial charge in [-0.3, -0.25) is 4.79 Å². The average Bonchev–Trinajstić information content (AvgIpc) is 3.48. The van der Waals surface area contributed by atoms with Crippen LogP contribution in [0.25, 0.3) is 5.65 Å². The Labute approximate surface area is 187 Å². The summed E-state index contributed by atoms with van der Waals surface area (Å²) in [6, 6.07) is 12.9. The van der Waals surface area contributed by atoms with Gasteiger partial charge in [-0.25, -0.2) is 9.50 Å². The van der Waals surface area contributed by atoms with Gasteiger partial charge in [-0.2, -0.15) is 0 Å². The fourth-order valence-corrected chi connectivity index (χ4v) is 6.20. The summed E-state index contributed by atoms with van der Waals surface area (Å²) < 4.78 is 7.92. The lowest BCUT2D eigenvalue weighted by Crippen LogP contribution is -2.47. The monoisotopic (exact) mass is 432 g/mol. The molecule has 0 amide bonds. The molecule has 7 heteroatoms. The summed E-state index contributed by atoms with van der Waals surface area (Å²) in [7, 11) is 0. The van der Waals surface area contributed by atoms with Crippen LogP contribution in [0.15, 0.2) is 42.6 Å². The van der Waals surface area contributed by atoms with Crippen molar-refractivity contribution in [2.24, 2.45) is 5.41 Å². The Balaban J connectivity index is 1.33. The largest absolute Gasteiger partial charge is 0.481 e. The molecule has 3 saturated heterocycles. The van der Waals surface area contributed by atoms with E-state index < -0.39 is 17.5 Å². The van der Waals surface area contributed by atoms with Crippen LogP contribution in [-0.2, 0) is 14.9 Å². The van der Waals surface area contributed by atoms with E-state index in [9.17, 15) is 9.90 Å². The number of aromatic nitrogens is 3. The summed E-state index contributed by atoms with van der Waals surface area (Å²) in [6.45, 7) is 8.26. The molecule has 5 heterocycles. The van der Waals surface area contributed by atoms with Crippen molar-refractivity contribution in [3.63, 3.8) is 0 Å². The van der Waals surface area contributed by atoms with Crippen LogP contribution in [0.2, 0.25) is 0 Å². The van der Waals surface area contributed by atoms with E-state index in [-0.39, 0.29) is 11.0 Å². The number of anilines is 1. The molecule has 7 rings (SSSR count). The van der Waals surface area contributed by atoms with Crippen molar-refractivity contribution in [2.75, 3.05) is 18.0 Å². The summed E-state index contributed by atoms with van der Waals surface area (Å²) in [4.78, 5) is 19.2. The van der Waals surface area contributed by atoms with E-state index >= 15 is 0 Å². The van der Waals surface area contributed by atoms with Crippen LogP contribution in [0.5, 0.6) is 0 Å². The van der Waals surface area contributed by atoms with E-state index in [2.05, 4.69) is 48.2 Å². The van der Waals surface area contributed by atoms with Crippen molar-refractivity contribution in [2.45, 2.75) is 57.2 Å². The quantitative estimate of drug-likeness (QED) is 0.674. The van der Waals surface area contributed by atoms with Crippen molar-refractivity contribution in [1.29, 1.82) is 0 Å². The second-order valence-electron chi connectivity index (χ2n) is 10.5. The maximum Gasteiger partial charge on any atom is 0.313 e. The van der Waals surface area contributed by atoms with Crippen LogP contribution in [0.3, 0.4) is 0 Å². The first kappa shape index (κ1) is 19.7. The fourth-order valence-electron chi connectivity index (χ4n) is 6.20. The Morgan fingerprint density at radius 2 is 1.97 bits per heavy atom. The maximum absolute atomic E-state index is 12.0. The zero-order valence-corrected chi connectivity index (χ0v) is 18.7. The first-order chi connectivity index (χ1) is 15.2. The Kier molecular flexibility index (Phi) is 3.89. The second kappa shape index (κ2) is 6.32. The molecule has 3 aliphatic heterocycles. The highest BCUT2D eigenvalue weighted by Gasteiger charge is 2.71. The minimum atomic E-state index is -0.900. The van der Waals surface area contributed by atoms with E-state index in [1.54, 1.807) is 4.52 Å². The number of aryl methyl sites for hydroxylation is 1. The van der Waals surface area contributed by atoms with Crippen LogP contribution in [0, 0.1) is 12.3 Å². The summed E-state index contributed by atoms with van der Waals surface area (Å²) in [6.07, 6.45) is 3.55. The minimum Gasteiger partial charge on any atom is -0.481 e. The molecule has 7 nitrogen and oxygen atoms in total. The smallest absolute Gasteiger partial charge is 0.313 e. The maximum atomic E-state index is 12.0. The molecule has 4 fully saturated rings. The molecule has 166 valence electrons. The van der Waals surface area contributed by atoms with Crippen LogP contribution in [0.4, 0.5) is 5.69 Å². The Morgan fingerprint density at radius 1 is 1.22 bits per heavy atom. The summed E-state index contributed by atoms with van der Waals surface area (Å²) in [5.41, 5.74) is 3.10. The zero-order valence-electron chi connectivity index (χ0n) is 18.7. The SMILES string of the molecule is Cc1cc(N2CC[C@](C)(c3ccccc3)C2)cn2nc(C3OC4(C)CC3(C(=O)O)C4)nc12. The predicted octanol–water partition coefficient (Wildman–Crippen LogP) is 3.90. The third-order valence-corrected chi connectivity index (χ3v) is 7.87. The highest BCUT2D eigenvalue weighted by molar-refractivity contribution is 5.78. The highest BCUT2D eigenvalue weighted by atomic mass is 16.5. The fraction of sp³-hybridized carbons (Fsp3) is 0.480. The molecule has 1 N–H and O–H groups in total. The van der Waals surface area contributed by atoms with E-state index in [0.717, 1.165) is 36.4 Å². The molecule has 1 saturated carbocycles. The Morgan fingerprint density at radius 3 is 2.69 bits per heavy atom. The minimum absolute atomic E-state index is 0.111. The molecule has 4 aliphatic rings. The Hall–Kier alpha value is -2.93. The molecule has 0 radical (unpaired) electrons. The molecule has 1 aliphatic carbocycles. The average molecular weight is 433 g/mol.